The van der Waals surface area contributed by atoms with Crippen LogP contribution in [0.15, 0.2) is 12.7 Å². The third-order valence-corrected chi connectivity index (χ3v) is 2.04. The van der Waals surface area contributed by atoms with E-state index in [2.05, 4.69) is 11.9 Å². The van der Waals surface area contributed by atoms with Crippen LogP contribution in [0.3, 0.4) is 0 Å². The zero-order chi connectivity index (χ0) is 13.5. The zero-order valence-corrected chi connectivity index (χ0v) is 10.8. The van der Waals surface area contributed by atoms with E-state index < -0.39 is 30.4 Å². The number of rotatable bonds is 6. The summed E-state index contributed by atoms with van der Waals surface area (Å²) in [5.74, 6) is 0. The van der Waals surface area contributed by atoms with Crippen LogP contribution in [0, 0.1) is 0 Å². The second kappa shape index (κ2) is 7.29. The van der Waals surface area contributed by atoms with E-state index in [0.717, 1.165) is 0 Å². The Labute approximate surface area is 102 Å². The monoisotopic (exact) mass is 245 g/mol. The fraction of sp³-hybridized carbons (Fsp3) is 0.750. The number of amides is 1. The number of aliphatic hydroxyl groups excluding tert-OH is 2. The second-order valence-electron chi connectivity index (χ2n) is 4.87. The number of aliphatic hydroxyl groups is 2. The Kier molecular flexibility index (Phi) is 6.83. The summed E-state index contributed by atoms with van der Waals surface area (Å²) in [7, 11) is 0. The number of hydrogen-bond acceptors (Lipinski definition) is 4. The summed E-state index contributed by atoms with van der Waals surface area (Å²) in [6, 6.07) is -0.534. The van der Waals surface area contributed by atoms with Crippen molar-refractivity contribution in [1.82, 2.24) is 5.32 Å². The van der Waals surface area contributed by atoms with E-state index in [4.69, 9.17) is 9.84 Å². The Morgan fingerprint density at radius 2 is 2.12 bits per heavy atom. The van der Waals surface area contributed by atoms with Gasteiger partial charge in [-0.05, 0) is 33.6 Å². The van der Waals surface area contributed by atoms with Gasteiger partial charge in [-0.15, -0.1) is 6.58 Å². The molecular weight excluding hydrogens is 222 g/mol. The average molecular weight is 245 g/mol. The molecule has 3 N–H and O–H groups in total. The first-order valence-electron chi connectivity index (χ1n) is 5.69. The lowest BCUT2D eigenvalue weighted by Crippen LogP contribution is -2.46. The van der Waals surface area contributed by atoms with Crippen molar-refractivity contribution < 1.29 is 19.7 Å². The molecule has 5 nitrogen and oxygen atoms in total. The van der Waals surface area contributed by atoms with Gasteiger partial charge in [0.05, 0.1) is 18.8 Å². The van der Waals surface area contributed by atoms with Crippen molar-refractivity contribution in [1.29, 1.82) is 0 Å². The lowest BCUT2D eigenvalue weighted by molar-refractivity contribution is 0.0307. The minimum Gasteiger partial charge on any atom is -0.444 e. The molecule has 0 aromatic carbocycles. The molecule has 5 heteroatoms. The van der Waals surface area contributed by atoms with Gasteiger partial charge in [0.15, 0.2) is 0 Å². The Balaban J connectivity index is 4.31. The van der Waals surface area contributed by atoms with Gasteiger partial charge in [-0.2, -0.15) is 0 Å². The van der Waals surface area contributed by atoms with E-state index in [9.17, 15) is 9.90 Å². The van der Waals surface area contributed by atoms with Crippen molar-refractivity contribution in [2.24, 2.45) is 0 Å². The van der Waals surface area contributed by atoms with E-state index >= 15 is 0 Å². The van der Waals surface area contributed by atoms with Crippen molar-refractivity contribution in [2.75, 3.05) is 6.61 Å². The summed E-state index contributed by atoms with van der Waals surface area (Å²) in [5.41, 5.74) is -0.586. The van der Waals surface area contributed by atoms with Gasteiger partial charge in [-0.3, -0.25) is 0 Å². The molecule has 0 spiro atoms. The molecular formula is C12H23NO4. The van der Waals surface area contributed by atoms with Crippen LogP contribution in [0.2, 0.25) is 0 Å². The minimum atomic E-state index is -0.998. The van der Waals surface area contributed by atoms with Crippen molar-refractivity contribution in [2.45, 2.75) is 51.4 Å². The van der Waals surface area contributed by atoms with E-state index in [1.54, 1.807) is 26.8 Å². The Morgan fingerprint density at radius 1 is 1.53 bits per heavy atom. The molecule has 0 aromatic heterocycles. The van der Waals surface area contributed by atoms with E-state index in [-0.39, 0.29) is 0 Å². The van der Waals surface area contributed by atoms with Gasteiger partial charge in [0.25, 0.3) is 0 Å². The van der Waals surface area contributed by atoms with Crippen LogP contribution in [0.25, 0.3) is 0 Å². The Hall–Kier alpha value is -1.07. The van der Waals surface area contributed by atoms with Crippen LogP contribution in [0.4, 0.5) is 4.79 Å². The SMILES string of the molecule is C=CCCC(NC(=O)OC(C)(C)C)C(O)CO. The Bertz CT molecular complexity index is 247. The molecule has 0 aliphatic heterocycles. The molecule has 100 valence electrons. The summed E-state index contributed by atoms with van der Waals surface area (Å²) < 4.78 is 5.07. The summed E-state index contributed by atoms with van der Waals surface area (Å²) in [5, 5.41) is 21.0. The molecule has 0 aliphatic rings. The molecule has 0 radical (unpaired) electrons. The largest absolute Gasteiger partial charge is 0.444 e. The maximum absolute atomic E-state index is 11.5. The van der Waals surface area contributed by atoms with Crippen LogP contribution in [0.1, 0.15) is 33.6 Å². The summed E-state index contributed by atoms with van der Waals surface area (Å²) in [4.78, 5) is 11.5. The summed E-state index contributed by atoms with van der Waals surface area (Å²) in [6.45, 7) is 8.44. The van der Waals surface area contributed by atoms with Crippen LogP contribution in [-0.2, 0) is 4.74 Å². The standard InChI is InChI=1S/C12H23NO4/c1-5-6-7-9(10(15)8-14)13-11(16)17-12(2,3)4/h5,9-10,14-15H,1,6-8H2,2-4H3,(H,13,16). The highest BCUT2D eigenvalue weighted by molar-refractivity contribution is 5.68. The molecule has 0 saturated heterocycles. The topological polar surface area (TPSA) is 78.8 Å². The van der Waals surface area contributed by atoms with Gasteiger partial charge < -0.3 is 20.3 Å². The van der Waals surface area contributed by atoms with Crippen LogP contribution in [-0.4, -0.2) is 40.7 Å². The van der Waals surface area contributed by atoms with Gasteiger partial charge in [-0.25, -0.2) is 4.79 Å². The predicted molar refractivity (Wildman–Crippen MR) is 65.7 cm³/mol. The van der Waals surface area contributed by atoms with Crippen molar-refractivity contribution in [3.05, 3.63) is 12.7 Å². The molecule has 0 rings (SSSR count). The molecule has 0 saturated carbocycles. The summed E-state index contributed by atoms with van der Waals surface area (Å²) in [6.07, 6.45) is 1.23. The van der Waals surface area contributed by atoms with Crippen LogP contribution >= 0.6 is 0 Å². The van der Waals surface area contributed by atoms with Crippen molar-refractivity contribution >= 4 is 6.09 Å². The number of carbonyl (C=O) groups is 1. The van der Waals surface area contributed by atoms with Gasteiger partial charge >= 0.3 is 6.09 Å². The zero-order valence-electron chi connectivity index (χ0n) is 10.8. The average Bonchev–Trinajstić information content (AvgIpc) is 2.20. The number of ether oxygens (including phenoxy) is 1. The molecule has 17 heavy (non-hydrogen) atoms. The highest BCUT2D eigenvalue weighted by Crippen LogP contribution is 2.09. The quantitative estimate of drug-likeness (QED) is 0.614. The molecule has 1 amide bonds. The molecule has 0 aromatic rings. The molecule has 2 atom stereocenters. The second-order valence-corrected chi connectivity index (χ2v) is 4.87. The van der Waals surface area contributed by atoms with E-state index in [0.29, 0.717) is 12.8 Å². The minimum absolute atomic E-state index is 0.405. The van der Waals surface area contributed by atoms with Crippen molar-refractivity contribution in [3.8, 4) is 0 Å². The lowest BCUT2D eigenvalue weighted by atomic mass is 10.1. The van der Waals surface area contributed by atoms with Gasteiger partial charge in [0, 0.05) is 0 Å². The van der Waals surface area contributed by atoms with Gasteiger partial charge in [0.1, 0.15) is 5.60 Å². The fourth-order valence-corrected chi connectivity index (χ4v) is 1.24. The van der Waals surface area contributed by atoms with Crippen molar-refractivity contribution in [3.63, 3.8) is 0 Å². The molecule has 0 heterocycles. The maximum Gasteiger partial charge on any atom is 0.407 e. The van der Waals surface area contributed by atoms with Gasteiger partial charge in [-0.1, -0.05) is 6.08 Å². The van der Waals surface area contributed by atoms with E-state index in [1.807, 2.05) is 0 Å². The predicted octanol–water partition coefficient (Wildman–Crippen LogP) is 1.20. The number of allylic oxidation sites excluding steroid dienone is 1. The third-order valence-electron chi connectivity index (χ3n) is 2.04. The first-order chi connectivity index (χ1) is 7.80. The van der Waals surface area contributed by atoms with E-state index in [1.165, 1.54) is 0 Å². The number of alkyl carbamates (subject to hydrolysis) is 1. The first-order valence-corrected chi connectivity index (χ1v) is 5.69. The number of hydrogen-bond donors (Lipinski definition) is 3. The lowest BCUT2D eigenvalue weighted by Gasteiger charge is -2.25. The van der Waals surface area contributed by atoms with Crippen LogP contribution < -0.4 is 5.32 Å². The van der Waals surface area contributed by atoms with Crippen LogP contribution in [0.5, 0.6) is 0 Å². The third kappa shape index (κ3) is 7.76. The summed E-state index contributed by atoms with van der Waals surface area (Å²) >= 11 is 0. The fourth-order valence-electron chi connectivity index (χ4n) is 1.24. The first kappa shape index (κ1) is 15.9. The smallest absolute Gasteiger partial charge is 0.407 e. The highest BCUT2D eigenvalue weighted by Gasteiger charge is 2.23. The highest BCUT2D eigenvalue weighted by atomic mass is 16.6. The Morgan fingerprint density at radius 3 is 2.53 bits per heavy atom. The maximum atomic E-state index is 11.5. The molecule has 0 bridgehead atoms. The molecule has 0 aliphatic carbocycles. The number of nitrogens with one attached hydrogen (secondary N) is 1. The normalized spacial score (nSPS) is 14.9. The molecule has 2 unspecified atom stereocenters. The molecule has 0 fully saturated rings. The number of carbonyl (C=O) groups excluding carboxylic acids is 1. The van der Waals surface area contributed by atoms with Gasteiger partial charge in [0.2, 0.25) is 0 Å².